The number of carbonyl (C=O) groups excluding carboxylic acids is 2. The molecule has 3 heterocycles. The molecular weight excluding hydrogens is 618 g/mol. The molecule has 0 aliphatic carbocycles. The highest BCUT2D eigenvalue weighted by Gasteiger charge is 2.40. The molecule has 1 unspecified atom stereocenters. The number of alkyl carbamates (subject to hydrolysis) is 1. The lowest BCUT2D eigenvalue weighted by atomic mass is 9.74. The smallest absolute Gasteiger partial charge is 0.407 e. The van der Waals surface area contributed by atoms with Crippen molar-refractivity contribution in [1.29, 1.82) is 0 Å². The van der Waals surface area contributed by atoms with Crippen LogP contribution < -0.4 is 16.0 Å². The molecule has 2 bridgehead atoms. The number of amides is 2. The fourth-order valence-corrected chi connectivity index (χ4v) is 8.95. The second kappa shape index (κ2) is 15.2. The van der Waals surface area contributed by atoms with Gasteiger partial charge in [-0.2, -0.15) is 4.31 Å². The molecule has 3 N–H and O–H groups in total. The molecule has 10 nitrogen and oxygen atoms in total. The molecule has 13 heteroatoms. The number of fused-ring (bicyclic) bond motifs is 2. The molecule has 46 heavy (non-hydrogen) atoms. The zero-order valence-electron chi connectivity index (χ0n) is 26.3. The number of hydrogen-bond acceptors (Lipinski definition) is 7. The minimum atomic E-state index is -3.42. The maximum absolute atomic E-state index is 15.4. The number of piperazine rings is 1. The van der Waals surface area contributed by atoms with Crippen LogP contribution in [-0.2, 0) is 30.7 Å². The van der Waals surface area contributed by atoms with Gasteiger partial charge in [-0.3, -0.25) is 4.79 Å². The van der Waals surface area contributed by atoms with Crippen molar-refractivity contribution in [1.82, 2.24) is 14.9 Å². The summed E-state index contributed by atoms with van der Waals surface area (Å²) in [6, 6.07) is 8.88. The predicted octanol–water partition coefficient (Wildman–Crippen LogP) is 4.32. The molecule has 7 atom stereocenters. The Balaban J connectivity index is 1.42. The van der Waals surface area contributed by atoms with Gasteiger partial charge in [-0.05, 0) is 80.7 Å². The highest BCUT2D eigenvalue weighted by molar-refractivity contribution is 7.89. The Morgan fingerprint density at radius 2 is 1.93 bits per heavy atom. The van der Waals surface area contributed by atoms with Crippen LogP contribution in [0.25, 0.3) is 0 Å². The molecule has 0 saturated carbocycles. The van der Waals surface area contributed by atoms with Crippen LogP contribution in [0.3, 0.4) is 0 Å². The van der Waals surface area contributed by atoms with Crippen LogP contribution in [0.1, 0.15) is 62.5 Å². The maximum Gasteiger partial charge on any atom is 0.407 e. The van der Waals surface area contributed by atoms with Gasteiger partial charge in [0.2, 0.25) is 15.9 Å². The summed E-state index contributed by atoms with van der Waals surface area (Å²) in [5, 5.41) is 9.00. The fraction of sp³-hybridized carbons (Fsp3) is 0.576. The summed E-state index contributed by atoms with van der Waals surface area (Å²) in [6.45, 7) is 3.36. The first kappa shape index (κ1) is 34.2. The second-order valence-corrected chi connectivity index (χ2v) is 14.5. The van der Waals surface area contributed by atoms with E-state index in [4.69, 9.17) is 9.47 Å². The van der Waals surface area contributed by atoms with Gasteiger partial charge in [-0.25, -0.2) is 22.0 Å². The third kappa shape index (κ3) is 8.04. The van der Waals surface area contributed by atoms with E-state index < -0.39 is 45.6 Å². The first-order chi connectivity index (χ1) is 22.1. The number of halogens is 2. The van der Waals surface area contributed by atoms with Gasteiger partial charge in [-0.15, -0.1) is 0 Å². The van der Waals surface area contributed by atoms with Crippen molar-refractivity contribution in [2.45, 2.75) is 82.0 Å². The number of ether oxygens (including phenoxy) is 2. The summed E-state index contributed by atoms with van der Waals surface area (Å²) in [5.74, 6) is -2.10. The van der Waals surface area contributed by atoms with Crippen LogP contribution >= 0.6 is 0 Å². The van der Waals surface area contributed by atoms with E-state index in [1.165, 1.54) is 31.4 Å². The normalized spacial score (nSPS) is 27.1. The van der Waals surface area contributed by atoms with Crippen molar-refractivity contribution in [3.63, 3.8) is 0 Å². The lowest BCUT2D eigenvalue weighted by Gasteiger charge is -2.38. The molecule has 3 saturated heterocycles. The van der Waals surface area contributed by atoms with Crippen molar-refractivity contribution in [3.05, 3.63) is 65.2 Å². The first-order valence-electron chi connectivity index (χ1n) is 16.1. The van der Waals surface area contributed by atoms with E-state index in [2.05, 4.69) is 16.0 Å². The molecule has 0 aromatic heterocycles. The topological polar surface area (TPSA) is 126 Å². The van der Waals surface area contributed by atoms with Gasteiger partial charge in [0.1, 0.15) is 17.7 Å². The van der Waals surface area contributed by atoms with E-state index in [1.54, 1.807) is 22.5 Å². The monoisotopic (exact) mass is 662 g/mol. The average molecular weight is 663 g/mol. The second-order valence-electron chi connectivity index (χ2n) is 12.5. The van der Waals surface area contributed by atoms with Gasteiger partial charge in [0.15, 0.2) is 0 Å². The number of rotatable bonds is 10. The Labute approximate surface area is 269 Å². The van der Waals surface area contributed by atoms with Crippen LogP contribution in [-0.4, -0.2) is 81.5 Å². The van der Waals surface area contributed by atoms with Crippen LogP contribution in [0.15, 0.2) is 42.5 Å². The van der Waals surface area contributed by atoms with Crippen molar-refractivity contribution >= 4 is 27.7 Å². The Morgan fingerprint density at radius 3 is 2.67 bits per heavy atom. The minimum absolute atomic E-state index is 0.0315. The highest BCUT2D eigenvalue weighted by Crippen LogP contribution is 2.38. The van der Waals surface area contributed by atoms with Gasteiger partial charge in [0.05, 0.1) is 19.0 Å². The summed E-state index contributed by atoms with van der Waals surface area (Å²) in [6.07, 6.45) is 3.10. The standard InChI is InChI=1S/C33H44F2N4O6S/c1-3-26-18-22(15-16-45-26)30(21-9-11-23(34)12-10-21)31(38-33(41)44-2)32(40)37-29-8-4-7-28(35)27(29)14-13-25-19-36-24-6-5-17-46(42,43)39(25)20-24/h4,7-12,22,24-26,30-31,36H,3,5-6,13-20H2,1-2H3,(H,37,40)(H,38,41)/t22-,24+,25-,26-,30-,31-/m0/s1. The summed E-state index contributed by atoms with van der Waals surface area (Å²) in [5.41, 5.74) is 1.15. The number of sulfonamides is 1. The third-order valence-electron chi connectivity index (χ3n) is 9.59. The molecule has 0 radical (unpaired) electrons. The van der Waals surface area contributed by atoms with Crippen molar-refractivity contribution < 1.29 is 36.3 Å². The van der Waals surface area contributed by atoms with Crippen LogP contribution in [0.5, 0.6) is 0 Å². The maximum atomic E-state index is 15.4. The Morgan fingerprint density at radius 1 is 1.15 bits per heavy atom. The van der Waals surface area contributed by atoms with Gasteiger partial charge in [0, 0.05) is 48.9 Å². The Kier molecular flexibility index (Phi) is 11.3. The number of carbonyl (C=O) groups is 2. The number of benzene rings is 2. The van der Waals surface area contributed by atoms with Crippen LogP contribution in [0.2, 0.25) is 0 Å². The number of anilines is 1. The fourth-order valence-electron chi connectivity index (χ4n) is 7.14. The number of nitrogens with one attached hydrogen (secondary N) is 3. The Hall–Kier alpha value is -3.13. The van der Waals surface area contributed by atoms with E-state index in [1.807, 2.05) is 6.92 Å². The quantitative estimate of drug-likeness (QED) is 0.346. The predicted molar refractivity (Wildman–Crippen MR) is 170 cm³/mol. The first-order valence-corrected chi connectivity index (χ1v) is 17.7. The summed E-state index contributed by atoms with van der Waals surface area (Å²) >= 11 is 0. The van der Waals surface area contributed by atoms with Gasteiger partial charge in [0.25, 0.3) is 0 Å². The molecule has 2 aromatic rings. The molecular formula is C33H44F2N4O6S. The zero-order chi connectivity index (χ0) is 32.8. The largest absolute Gasteiger partial charge is 0.453 e. The number of hydrogen-bond donors (Lipinski definition) is 3. The molecule has 0 spiro atoms. The number of nitrogens with zero attached hydrogens (tertiary/aromatic N) is 1. The van der Waals surface area contributed by atoms with Gasteiger partial charge < -0.3 is 25.4 Å². The lowest BCUT2D eigenvalue weighted by molar-refractivity contribution is -0.119. The van der Waals surface area contributed by atoms with Gasteiger partial charge >= 0.3 is 6.09 Å². The highest BCUT2D eigenvalue weighted by atomic mass is 32.2. The molecule has 3 fully saturated rings. The van der Waals surface area contributed by atoms with E-state index >= 15 is 4.39 Å². The van der Waals surface area contributed by atoms with Crippen molar-refractivity contribution in [3.8, 4) is 0 Å². The third-order valence-corrected chi connectivity index (χ3v) is 11.6. The molecule has 2 amide bonds. The summed E-state index contributed by atoms with van der Waals surface area (Å²) in [4.78, 5) is 26.8. The molecule has 252 valence electrons. The van der Waals surface area contributed by atoms with Crippen molar-refractivity contribution in [2.24, 2.45) is 5.92 Å². The molecule has 2 aromatic carbocycles. The van der Waals surface area contributed by atoms with E-state index in [9.17, 15) is 22.4 Å². The van der Waals surface area contributed by atoms with Crippen molar-refractivity contribution in [2.75, 3.05) is 37.9 Å². The van der Waals surface area contributed by atoms with E-state index in [0.717, 1.165) is 12.8 Å². The molecule has 3 aliphatic heterocycles. The summed E-state index contributed by atoms with van der Waals surface area (Å²) in [7, 11) is -2.22. The van der Waals surface area contributed by atoms with Crippen LogP contribution in [0.4, 0.5) is 19.3 Å². The van der Waals surface area contributed by atoms with E-state index in [0.29, 0.717) is 50.9 Å². The minimum Gasteiger partial charge on any atom is -0.453 e. The van der Waals surface area contributed by atoms with Crippen LogP contribution in [0, 0.1) is 17.6 Å². The summed E-state index contributed by atoms with van der Waals surface area (Å²) < 4.78 is 67.6. The lowest BCUT2D eigenvalue weighted by Crippen LogP contribution is -2.57. The van der Waals surface area contributed by atoms with Gasteiger partial charge in [-0.1, -0.05) is 25.1 Å². The number of methoxy groups -OCH3 is 1. The zero-order valence-corrected chi connectivity index (χ0v) is 27.2. The molecule has 3 aliphatic rings. The molecule has 5 rings (SSSR count). The average Bonchev–Trinajstić information content (AvgIpc) is 3.16. The SMILES string of the molecule is CC[C@H]1C[C@@H]([C@H](c2ccc(F)cc2)[C@H](NC(=O)OC)C(=O)Nc2cccc(F)c2CC[C@H]2CN[C@@H]3CCCS(=O)(=O)N2C3)CCO1. The van der Waals surface area contributed by atoms with E-state index in [-0.39, 0.29) is 47.5 Å². The Bertz CT molecular complexity index is 1480.